The third kappa shape index (κ3) is 7.42. The van der Waals surface area contributed by atoms with Gasteiger partial charge in [0.1, 0.15) is 0 Å². The van der Waals surface area contributed by atoms with Crippen LogP contribution in [0.3, 0.4) is 0 Å². The second-order valence-corrected chi connectivity index (χ2v) is 5.74. The summed E-state index contributed by atoms with van der Waals surface area (Å²) in [7, 11) is 4.24. The van der Waals surface area contributed by atoms with E-state index in [-0.39, 0.29) is 0 Å². The van der Waals surface area contributed by atoms with Crippen LogP contribution in [0, 0.1) is 6.92 Å². The van der Waals surface area contributed by atoms with Crippen LogP contribution in [0.5, 0.6) is 0 Å². The van der Waals surface area contributed by atoms with Gasteiger partial charge in [-0.15, -0.1) is 11.8 Å². The van der Waals surface area contributed by atoms with Gasteiger partial charge >= 0.3 is 0 Å². The quantitative estimate of drug-likeness (QED) is 0.565. The van der Waals surface area contributed by atoms with E-state index in [1.165, 1.54) is 16.9 Å². The smallest absolute Gasteiger partial charge is 0.0106 e. The van der Waals surface area contributed by atoms with E-state index < -0.39 is 0 Å². The van der Waals surface area contributed by atoms with Crippen LogP contribution < -0.4 is 5.32 Å². The maximum absolute atomic E-state index is 3.48. The standard InChI is InChI=1S/C14H24N2S/c1-13-6-4-7-14(12-13)17-11-9-15-8-5-10-16(2)3/h4,6-7,12,15H,5,8-11H2,1-3H3. The lowest BCUT2D eigenvalue weighted by Gasteiger charge is -2.09. The molecule has 0 aromatic heterocycles. The summed E-state index contributed by atoms with van der Waals surface area (Å²) in [6, 6.07) is 8.70. The Morgan fingerprint density at radius 2 is 2.06 bits per heavy atom. The molecule has 0 aliphatic heterocycles. The number of thioether (sulfide) groups is 1. The number of rotatable bonds is 8. The molecule has 96 valence electrons. The van der Waals surface area contributed by atoms with E-state index in [4.69, 9.17) is 0 Å². The number of aryl methyl sites for hydroxylation is 1. The largest absolute Gasteiger partial charge is 0.316 e. The highest BCUT2D eigenvalue weighted by Gasteiger charge is 1.94. The predicted molar refractivity (Wildman–Crippen MR) is 77.9 cm³/mol. The normalized spacial score (nSPS) is 11.1. The predicted octanol–water partition coefficient (Wildman–Crippen LogP) is 2.63. The average molecular weight is 252 g/mol. The van der Waals surface area contributed by atoms with Crippen LogP contribution in [0.2, 0.25) is 0 Å². The van der Waals surface area contributed by atoms with Crippen LogP contribution in [0.4, 0.5) is 0 Å². The van der Waals surface area contributed by atoms with E-state index in [1.54, 1.807) is 0 Å². The van der Waals surface area contributed by atoms with Crippen molar-refractivity contribution in [2.75, 3.05) is 39.5 Å². The van der Waals surface area contributed by atoms with E-state index in [0.717, 1.165) is 25.4 Å². The molecule has 0 spiro atoms. The Kier molecular flexibility index (Phi) is 7.33. The van der Waals surface area contributed by atoms with E-state index >= 15 is 0 Å². The van der Waals surface area contributed by atoms with Crippen LogP contribution in [-0.4, -0.2) is 44.4 Å². The monoisotopic (exact) mass is 252 g/mol. The Morgan fingerprint density at radius 1 is 1.24 bits per heavy atom. The fourth-order valence-corrected chi connectivity index (χ4v) is 2.52. The lowest BCUT2D eigenvalue weighted by atomic mass is 10.2. The Balaban J connectivity index is 2.01. The van der Waals surface area contributed by atoms with Gasteiger partial charge in [-0.3, -0.25) is 0 Å². The Morgan fingerprint density at radius 3 is 2.76 bits per heavy atom. The molecule has 1 aromatic rings. The molecule has 0 amide bonds. The van der Waals surface area contributed by atoms with Crippen molar-refractivity contribution in [3.05, 3.63) is 29.8 Å². The van der Waals surface area contributed by atoms with E-state index in [0.29, 0.717) is 0 Å². The fraction of sp³-hybridized carbons (Fsp3) is 0.571. The molecule has 0 fully saturated rings. The number of nitrogens with zero attached hydrogens (tertiary/aromatic N) is 1. The summed E-state index contributed by atoms with van der Waals surface area (Å²) in [5.74, 6) is 1.14. The molecule has 0 atom stereocenters. The molecule has 17 heavy (non-hydrogen) atoms. The zero-order chi connectivity index (χ0) is 12.5. The topological polar surface area (TPSA) is 15.3 Å². The average Bonchev–Trinajstić information content (AvgIpc) is 2.27. The van der Waals surface area contributed by atoms with E-state index in [2.05, 4.69) is 55.5 Å². The van der Waals surface area contributed by atoms with Crippen LogP contribution >= 0.6 is 11.8 Å². The van der Waals surface area contributed by atoms with Gasteiger partial charge < -0.3 is 10.2 Å². The molecule has 1 N–H and O–H groups in total. The first-order valence-corrected chi connectivity index (χ1v) is 7.22. The number of hydrogen-bond donors (Lipinski definition) is 1. The van der Waals surface area contributed by atoms with Crippen LogP contribution in [0.15, 0.2) is 29.2 Å². The summed E-state index contributed by atoms with van der Waals surface area (Å²) in [6.45, 7) is 5.51. The Labute approximate surface area is 110 Å². The molecular formula is C14H24N2S. The highest BCUT2D eigenvalue weighted by Crippen LogP contribution is 2.17. The molecule has 0 heterocycles. The summed E-state index contributed by atoms with van der Waals surface area (Å²) in [5.41, 5.74) is 1.34. The highest BCUT2D eigenvalue weighted by molar-refractivity contribution is 7.99. The zero-order valence-electron chi connectivity index (χ0n) is 11.2. The number of hydrogen-bond acceptors (Lipinski definition) is 3. The molecule has 0 aliphatic rings. The molecule has 1 aromatic carbocycles. The van der Waals surface area contributed by atoms with Crippen LogP contribution in [0.1, 0.15) is 12.0 Å². The van der Waals surface area contributed by atoms with Crippen LogP contribution in [0.25, 0.3) is 0 Å². The van der Waals surface area contributed by atoms with Gasteiger partial charge in [-0.05, 0) is 52.7 Å². The first-order chi connectivity index (χ1) is 8.18. The van der Waals surface area contributed by atoms with Crippen molar-refractivity contribution in [2.24, 2.45) is 0 Å². The lowest BCUT2D eigenvalue weighted by molar-refractivity contribution is 0.396. The Hall–Kier alpha value is -0.510. The Bertz CT molecular complexity index is 313. The van der Waals surface area contributed by atoms with Gasteiger partial charge in [0.15, 0.2) is 0 Å². The van der Waals surface area contributed by atoms with Crippen molar-refractivity contribution in [2.45, 2.75) is 18.2 Å². The highest BCUT2D eigenvalue weighted by atomic mass is 32.2. The van der Waals surface area contributed by atoms with Gasteiger partial charge in [-0.1, -0.05) is 17.7 Å². The van der Waals surface area contributed by atoms with Gasteiger partial charge in [0.25, 0.3) is 0 Å². The maximum Gasteiger partial charge on any atom is 0.0106 e. The molecule has 0 saturated carbocycles. The zero-order valence-corrected chi connectivity index (χ0v) is 12.0. The first-order valence-electron chi connectivity index (χ1n) is 6.23. The number of nitrogens with one attached hydrogen (secondary N) is 1. The number of benzene rings is 1. The maximum atomic E-state index is 3.48. The van der Waals surface area contributed by atoms with E-state index in [1.807, 2.05) is 11.8 Å². The second-order valence-electron chi connectivity index (χ2n) is 4.57. The third-order valence-corrected chi connectivity index (χ3v) is 3.49. The van der Waals surface area contributed by atoms with Gasteiger partial charge in [0.2, 0.25) is 0 Å². The van der Waals surface area contributed by atoms with Gasteiger partial charge in [-0.2, -0.15) is 0 Å². The third-order valence-electron chi connectivity index (χ3n) is 2.50. The van der Waals surface area contributed by atoms with Crippen molar-refractivity contribution >= 4 is 11.8 Å². The summed E-state index contributed by atoms with van der Waals surface area (Å²) in [4.78, 5) is 3.60. The van der Waals surface area contributed by atoms with Crippen molar-refractivity contribution < 1.29 is 0 Å². The van der Waals surface area contributed by atoms with Gasteiger partial charge in [0, 0.05) is 17.2 Å². The fourth-order valence-electron chi connectivity index (χ4n) is 1.59. The molecule has 0 aliphatic carbocycles. The molecule has 3 heteroatoms. The van der Waals surface area contributed by atoms with Crippen molar-refractivity contribution in [1.82, 2.24) is 10.2 Å². The van der Waals surface area contributed by atoms with E-state index in [9.17, 15) is 0 Å². The minimum absolute atomic E-state index is 1.09. The summed E-state index contributed by atoms with van der Waals surface area (Å²) < 4.78 is 0. The second kappa shape index (κ2) is 8.56. The first kappa shape index (κ1) is 14.6. The van der Waals surface area contributed by atoms with Gasteiger partial charge in [-0.25, -0.2) is 0 Å². The minimum atomic E-state index is 1.09. The van der Waals surface area contributed by atoms with Gasteiger partial charge in [0.05, 0.1) is 0 Å². The molecule has 0 saturated heterocycles. The van der Waals surface area contributed by atoms with Crippen molar-refractivity contribution in [3.63, 3.8) is 0 Å². The summed E-state index contributed by atoms with van der Waals surface area (Å²) >= 11 is 1.93. The van der Waals surface area contributed by atoms with Crippen LogP contribution in [-0.2, 0) is 0 Å². The molecular weight excluding hydrogens is 228 g/mol. The molecule has 1 rings (SSSR count). The SMILES string of the molecule is Cc1cccc(SCCNCCCN(C)C)c1. The molecule has 0 bridgehead atoms. The molecule has 0 unspecified atom stereocenters. The lowest BCUT2D eigenvalue weighted by Crippen LogP contribution is -2.23. The minimum Gasteiger partial charge on any atom is -0.316 e. The van der Waals surface area contributed by atoms with Crippen molar-refractivity contribution in [3.8, 4) is 0 Å². The molecule has 2 nitrogen and oxygen atoms in total. The summed E-state index contributed by atoms with van der Waals surface area (Å²) in [5, 5.41) is 3.48. The summed E-state index contributed by atoms with van der Waals surface area (Å²) in [6.07, 6.45) is 1.22. The molecule has 0 radical (unpaired) electrons. The van der Waals surface area contributed by atoms with Crippen molar-refractivity contribution in [1.29, 1.82) is 0 Å².